The van der Waals surface area contributed by atoms with Gasteiger partial charge in [0.15, 0.2) is 0 Å². The summed E-state index contributed by atoms with van der Waals surface area (Å²) in [4.78, 5) is 17.5. The molecular formula is C23H21N3O2. The van der Waals surface area contributed by atoms with Gasteiger partial charge in [0.05, 0.1) is 24.3 Å². The van der Waals surface area contributed by atoms with Crippen LogP contribution in [0.5, 0.6) is 0 Å². The maximum atomic E-state index is 9.59. The predicted octanol–water partition coefficient (Wildman–Crippen LogP) is 5.05. The smallest absolute Gasteiger partial charge is 0.302 e. The molecule has 0 aliphatic carbocycles. The highest BCUT2D eigenvalue weighted by atomic mass is 16.5. The predicted molar refractivity (Wildman–Crippen MR) is 111 cm³/mol. The van der Waals surface area contributed by atoms with E-state index in [-0.39, 0.29) is 5.97 Å². The van der Waals surface area contributed by atoms with Crippen molar-refractivity contribution in [1.82, 2.24) is 9.97 Å². The number of aromatic amines is 1. The van der Waals surface area contributed by atoms with Gasteiger partial charge in [0.1, 0.15) is 0 Å². The number of esters is 1. The highest BCUT2D eigenvalue weighted by Gasteiger charge is 2.14. The number of nitrogens with one attached hydrogen (secondary N) is 1. The zero-order valence-electron chi connectivity index (χ0n) is 16.3. The molecule has 1 N–H and O–H groups in total. The summed E-state index contributed by atoms with van der Waals surface area (Å²) in [5.74, 6) is -0.245. The molecule has 2 aromatic carbocycles. The molecule has 0 radical (unpaired) electrons. The molecule has 0 amide bonds. The Morgan fingerprint density at radius 2 is 1.89 bits per heavy atom. The second kappa shape index (κ2) is 7.93. The molecule has 0 unspecified atom stereocenters. The molecule has 4 rings (SSSR count). The van der Waals surface area contributed by atoms with Crippen LogP contribution >= 0.6 is 0 Å². The summed E-state index contributed by atoms with van der Waals surface area (Å²) in [6.45, 7) is 5.51. The summed E-state index contributed by atoms with van der Waals surface area (Å²) in [5, 5.41) is 11.4. The Kier molecular flexibility index (Phi) is 5.42. The fraction of sp³-hybridized carbons (Fsp3) is 0.174. The maximum Gasteiger partial charge on any atom is 0.302 e. The van der Waals surface area contributed by atoms with Gasteiger partial charge in [0.25, 0.3) is 0 Å². The fourth-order valence-corrected chi connectivity index (χ4v) is 3.29. The SMILES string of the molecule is COC(C)=O.Cc1[nH]c2ccc(C#N)cc2c1-c1ccnc2c(C)cccc12. The van der Waals surface area contributed by atoms with Crippen molar-refractivity contribution >= 4 is 27.8 Å². The largest absolute Gasteiger partial charge is 0.469 e. The Morgan fingerprint density at radius 1 is 1.14 bits per heavy atom. The van der Waals surface area contributed by atoms with E-state index in [9.17, 15) is 10.1 Å². The number of methoxy groups -OCH3 is 1. The molecule has 5 heteroatoms. The number of nitrogens with zero attached hydrogens (tertiary/aromatic N) is 2. The lowest BCUT2D eigenvalue weighted by atomic mass is 9.97. The van der Waals surface area contributed by atoms with E-state index in [0.717, 1.165) is 38.6 Å². The van der Waals surface area contributed by atoms with Crippen LogP contribution in [0.2, 0.25) is 0 Å². The number of hydrogen-bond donors (Lipinski definition) is 1. The highest BCUT2D eigenvalue weighted by molar-refractivity contribution is 6.06. The van der Waals surface area contributed by atoms with Crippen molar-refractivity contribution in [2.24, 2.45) is 0 Å². The van der Waals surface area contributed by atoms with E-state index in [4.69, 9.17) is 0 Å². The summed E-state index contributed by atoms with van der Waals surface area (Å²) in [6, 6.07) is 16.3. The molecule has 140 valence electrons. The van der Waals surface area contributed by atoms with Crippen molar-refractivity contribution in [2.75, 3.05) is 7.11 Å². The molecule has 0 aliphatic rings. The molecule has 0 aliphatic heterocycles. The van der Waals surface area contributed by atoms with Gasteiger partial charge in [-0.3, -0.25) is 9.78 Å². The number of fused-ring (bicyclic) bond motifs is 2. The quantitative estimate of drug-likeness (QED) is 0.475. The van der Waals surface area contributed by atoms with E-state index in [0.29, 0.717) is 5.56 Å². The Labute approximate surface area is 163 Å². The van der Waals surface area contributed by atoms with Crippen LogP contribution in [0.25, 0.3) is 32.9 Å². The molecule has 4 aromatic rings. The first-order valence-corrected chi connectivity index (χ1v) is 8.88. The number of hydrogen-bond acceptors (Lipinski definition) is 4. The first-order valence-electron chi connectivity index (χ1n) is 8.88. The van der Waals surface area contributed by atoms with Gasteiger partial charge in [-0.1, -0.05) is 18.2 Å². The lowest BCUT2D eigenvalue weighted by molar-refractivity contribution is -0.137. The molecule has 28 heavy (non-hydrogen) atoms. The molecule has 0 saturated heterocycles. The molecule has 2 aromatic heterocycles. The fourth-order valence-electron chi connectivity index (χ4n) is 3.29. The van der Waals surface area contributed by atoms with Crippen molar-refractivity contribution in [2.45, 2.75) is 20.8 Å². The molecule has 0 atom stereocenters. The second-order valence-electron chi connectivity index (χ2n) is 6.52. The Bertz CT molecular complexity index is 1220. The minimum Gasteiger partial charge on any atom is -0.469 e. The minimum absolute atomic E-state index is 0.245. The number of rotatable bonds is 1. The number of H-pyrrole nitrogens is 1. The molecule has 0 fully saturated rings. The summed E-state index contributed by atoms with van der Waals surface area (Å²) in [6.07, 6.45) is 1.86. The van der Waals surface area contributed by atoms with Crippen LogP contribution in [0.15, 0.2) is 48.7 Å². The van der Waals surface area contributed by atoms with Crippen molar-refractivity contribution in [3.05, 3.63) is 65.5 Å². The molecular weight excluding hydrogens is 350 g/mol. The average molecular weight is 371 g/mol. The van der Waals surface area contributed by atoms with E-state index < -0.39 is 0 Å². The number of pyridine rings is 1. The normalized spacial score (nSPS) is 10.2. The van der Waals surface area contributed by atoms with Crippen LogP contribution in [0.4, 0.5) is 0 Å². The molecule has 5 nitrogen and oxygen atoms in total. The number of benzene rings is 2. The number of carbonyl (C=O) groups is 1. The van der Waals surface area contributed by atoms with E-state index in [1.807, 2.05) is 24.4 Å². The van der Waals surface area contributed by atoms with Gasteiger partial charge in [0.2, 0.25) is 0 Å². The monoisotopic (exact) mass is 371 g/mol. The van der Waals surface area contributed by atoms with Crippen LogP contribution in [0.1, 0.15) is 23.7 Å². The van der Waals surface area contributed by atoms with Gasteiger partial charge in [0, 0.05) is 40.7 Å². The van der Waals surface area contributed by atoms with Gasteiger partial charge >= 0.3 is 5.97 Å². The first kappa shape index (κ1) is 19.1. The highest BCUT2D eigenvalue weighted by Crippen LogP contribution is 2.36. The van der Waals surface area contributed by atoms with Crippen LogP contribution in [0, 0.1) is 25.2 Å². The van der Waals surface area contributed by atoms with E-state index in [1.54, 1.807) is 0 Å². The van der Waals surface area contributed by atoms with Crippen molar-refractivity contribution < 1.29 is 9.53 Å². The zero-order valence-corrected chi connectivity index (χ0v) is 16.3. The topological polar surface area (TPSA) is 78.8 Å². The maximum absolute atomic E-state index is 9.59. The number of ether oxygens (including phenoxy) is 1. The van der Waals surface area contributed by atoms with Crippen LogP contribution in [-0.4, -0.2) is 23.0 Å². The number of carbonyl (C=O) groups excluding carboxylic acids is 1. The Hall–Kier alpha value is -3.65. The average Bonchev–Trinajstić information content (AvgIpc) is 3.03. The van der Waals surface area contributed by atoms with Crippen LogP contribution in [-0.2, 0) is 9.53 Å². The standard InChI is InChI=1S/C20H15N3.C3H6O2/c1-12-4-3-5-16-15(8-9-22-20(12)16)19-13(2)23-18-7-6-14(11-21)10-17(18)19;1-3(4)5-2/h3-10,23H,1-2H3;1-2H3. The van der Waals surface area contributed by atoms with E-state index in [2.05, 4.69) is 58.9 Å². The van der Waals surface area contributed by atoms with Gasteiger partial charge in [-0.25, -0.2) is 0 Å². The third-order valence-corrected chi connectivity index (χ3v) is 4.64. The van der Waals surface area contributed by atoms with Crippen LogP contribution in [0.3, 0.4) is 0 Å². The van der Waals surface area contributed by atoms with Crippen molar-refractivity contribution in [3.63, 3.8) is 0 Å². The Balaban J connectivity index is 0.000000403. The summed E-state index contributed by atoms with van der Waals surface area (Å²) < 4.78 is 4.11. The molecule has 2 heterocycles. The third kappa shape index (κ3) is 3.58. The number of aromatic nitrogens is 2. The van der Waals surface area contributed by atoms with Crippen LogP contribution < -0.4 is 0 Å². The van der Waals surface area contributed by atoms with Gasteiger partial charge < -0.3 is 9.72 Å². The molecule has 0 saturated carbocycles. The van der Waals surface area contributed by atoms with Gasteiger partial charge in [-0.2, -0.15) is 5.26 Å². The molecule has 0 bridgehead atoms. The third-order valence-electron chi connectivity index (χ3n) is 4.64. The summed E-state index contributed by atoms with van der Waals surface area (Å²) in [7, 11) is 1.35. The van der Waals surface area contributed by atoms with Crippen molar-refractivity contribution in [3.8, 4) is 17.2 Å². The summed E-state index contributed by atoms with van der Waals surface area (Å²) in [5.41, 5.74) is 7.31. The minimum atomic E-state index is -0.245. The number of aryl methyl sites for hydroxylation is 2. The lowest BCUT2D eigenvalue weighted by Crippen LogP contribution is -1.88. The number of nitriles is 1. The second-order valence-corrected chi connectivity index (χ2v) is 6.52. The lowest BCUT2D eigenvalue weighted by Gasteiger charge is -2.08. The summed E-state index contributed by atoms with van der Waals surface area (Å²) >= 11 is 0. The molecule has 0 spiro atoms. The first-order chi connectivity index (χ1) is 13.5. The van der Waals surface area contributed by atoms with E-state index >= 15 is 0 Å². The number of para-hydroxylation sites is 1. The van der Waals surface area contributed by atoms with Gasteiger partial charge in [-0.05, 0) is 49.2 Å². The van der Waals surface area contributed by atoms with Crippen molar-refractivity contribution in [1.29, 1.82) is 5.26 Å². The Morgan fingerprint density at radius 3 is 2.57 bits per heavy atom. The van der Waals surface area contributed by atoms with E-state index in [1.165, 1.54) is 19.6 Å². The van der Waals surface area contributed by atoms with Gasteiger partial charge in [-0.15, -0.1) is 0 Å². The zero-order chi connectivity index (χ0) is 20.3.